The van der Waals surface area contributed by atoms with Crippen molar-refractivity contribution in [3.63, 3.8) is 0 Å². The van der Waals surface area contributed by atoms with Crippen LogP contribution in [0.25, 0.3) is 32.3 Å². The number of nitriles is 1. The summed E-state index contributed by atoms with van der Waals surface area (Å²) in [6.07, 6.45) is 6.85. The van der Waals surface area contributed by atoms with Gasteiger partial charge in [-0.1, -0.05) is 29.3 Å². The third-order valence-electron chi connectivity index (χ3n) is 4.62. The number of rotatable bonds is 5. The molecule has 32 heavy (non-hydrogen) atoms. The lowest BCUT2D eigenvalue weighted by atomic mass is 9.98. The summed E-state index contributed by atoms with van der Waals surface area (Å²) in [6, 6.07) is 11.4. The van der Waals surface area contributed by atoms with Gasteiger partial charge in [0.05, 0.1) is 15.3 Å². The number of H-pyrrole nitrogens is 1. The van der Waals surface area contributed by atoms with E-state index in [1.165, 1.54) is 22.7 Å². The Morgan fingerprint density at radius 3 is 2.62 bits per heavy atom. The highest BCUT2D eigenvalue weighted by atomic mass is 35.5. The number of benzene rings is 1. The van der Waals surface area contributed by atoms with E-state index in [0.717, 1.165) is 31.6 Å². The number of anilines is 2. The molecule has 0 aliphatic rings. The van der Waals surface area contributed by atoms with Crippen LogP contribution < -0.4 is 5.32 Å². The zero-order chi connectivity index (χ0) is 22.1. The molecule has 4 aromatic heterocycles. The van der Waals surface area contributed by atoms with Crippen LogP contribution in [0.5, 0.6) is 0 Å². The Hall–Kier alpha value is -3.22. The summed E-state index contributed by atoms with van der Waals surface area (Å²) >= 11 is 15.6. The van der Waals surface area contributed by atoms with Gasteiger partial charge in [-0.25, -0.2) is 15.0 Å². The summed E-state index contributed by atoms with van der Waals surface area (Å²) in [4.78, 5) is 17.8. The summed E-state index contributed by atoms with van der Waals surface area (Å²) in [7, 11) is 0. The standard InChI is InChI=1S/C22H12Cl2N6S2/c23-13-1-2-14(16(24)10-13)18-15(11-25)19(32-20(18)21-27-5-6-28-21)12-3-4-26-17(9-12)30-22-29-7-8-31-22/h1-10H,(H,27,28)(H,26,29,30). The summed E-state index contributed by atoms with van der Waals surface area (Å²) < 4.78 is 0. The van der Waals surface area contributed by atoms with Crippen molar-refractivity contribution in [2.75, 3.05) is 5.32 Å². The van der Waals surface area contributed by atoms with E-state index >= 15 is 0 Å². The molecule has 156 valence electrons. The minimum atomic E-state index is 0.465. The lowest BCUT2D eigenvalue weighted by molar-refractivity contribution is 1.29. The fraction of sp³-hybridized carbons (Fsp3) is 0. The fourth-order valence-electron chi connectivity index (χ4n) is 3.28. The van der Waals surface area contributed by atoms with Crippen LogP contribution in [0.2, 0.25) is 10.0 Å². The second-order valence-corrected chi connectivity index (χ2v) is 9.33. The van der Waals surface area contributed by atoms with Gasteiger partial charge in [-0.05, 0) is 29.8 Å². The first kappa shape index (κ1) is 20.7. The second kappa shape index (κ2) is 8.73. The van der Waals surface area contributed by atoms with Crippen LogP contribution in [0.3, 0.4) is 0 Å². The molecule has 0 aliphatic carbocycles. The Morgan fingerprint density at radius 1 is 1.00 bits per heavy atom. The molecule has 0 radical (unpaired) electrons. The SMILES string of the molecule is N#Cc1c(-c2ccnc(Nc3nccs3)c2)sc(-c2ncc[nH]2)c1-c1ccc(Cl)cc1Cl. The minimum absolute atomic E-state index is 0.465. The van der Waals surface area contributed by atoms with Crippen molar-refractivity contribution in [3.8, 4) is 38.3 Å². The number of nitrogens with one attached hydrogen (secondary N) is 2. The van der Waals surface area contributed by atoms with Crippen LogP contribution in [0, 0.1) is 11.3 Å². The van der Waals surface area contributed by atoms with Crippen molar-refractivity contribution < 1.29 is 0 Å². The number of halogens is 2. The highest BCUT2D eigenvalue weighted by molar-refractivity contribution is 7.19. The molecule has 0 saturated heterocycles. The molecule has 1 aromatic carbocycles. The van der Waals surface area contributed by atoms with Crippen molar-refractivity contribution >= 4 is 56.8 Å². The quantitative estimate of drug-likeness (QED) is 0.268. The molecule has 4 heterocycles. The predicted molar refractivity (Wildman–Crippen MR) is 131 cm³/mol. The Bertz CT molecular complexity index is 1440. The molecule has 5 aromatic rings. The number of nitrogens with zero attached hydrogens (tertiary/aromatic N) is 4. The molecule has 0 fully saturated rings. The van der Waals surface area contributed by atoms with E-state index in [4.69, 9.17) is 23.2 Å². The number of hydrogen-bond donors (Lipinski definition) is 2. The number of imidazole rings is 1. The van der Waals surface area contributed by atoms with Gasteiger partial charge in [0, 0.05) is 51.3 Å². The van der Waals surface area contributed by atoms with Crippen LogP contribution in [0.1, 0.15) is 5.56 Å². The predicted octanol–water partition coefficient (Wildman–Crippen LogP) is 7.25. The van der Waals surface area contributed by atoms with E-state index < -0.39 is 0 Å². The first-order valence-electron chi connectivity index (χ1n) is 9.29. The van der Waals surface area contributed by atoms with Crippen molar-refractivity contribution in [1.82, 2.24) is 19.9 Å². The van der Waals surface area contributed by atoms with Crippen molar-refractivity contribution in [2.24, 2.45) is 0 Å². The van der Waals surface area contributed by atoms with Crippen molar-refractivity contribution in [1.29, 1.82) is 5.26 Å². The van der Waals surface area contributed by atoms with Gasteiger partial charge >= 0.3 is 0 Å². The van der Waals surface area contributed by atoms with Gasteiger partial charge in [0.25, 0.3) is 0 Å². The third-order valence-corrected chi connectivity index (χ3v) is 7.11. The number of aromatic nitrogens is 4. The van der Waals surface area contributed by atoms with Crippen LogP contribution in [0.4, 0.5) is 10.9 Å². The van der Waals surface area contributed by atoms with E-state index in [1.807, 2.05) is 23.6 Å². The van der Waals surface area contributed by atoms with E-state index in [2.05, 4.69) is 31.3 Å². The molecule has 6 nitrogen and oxygen atoms in total. The van der Waals surface area contributed by atoms with Gasteiger partial charge in [-0.3, -0.25) is 0 Å². The maximum atomic E-state index is 10.2. The first-order valence-corrected chi connectivity index (χ1v) is 11.7. The maximum Gasteiger partial charge on any atom is 0.188 e. The summed E-state index contributed by atoms with van der Waals surface area (Å²) in [5.74, 6) is 1.30. The highest BCUT2D eigenvalue weighted by Gasteiger charge is 2.25. The Labute approximate surface area is 201 Å². The third kappa shape index (κ3) is 3.87. The van der Waals surface area contributed by atoms with Crippen LogP contribution in [0.15, 0.2) is 60.5 Å². The van der Waals surface area contributed by atoms with Crippen molar-refractivity contribution in [2.45, 2.75) is 0 Å². The van der Waals surface area contributed by atoms with Gasteiger partial charge in [-0.15, -0.1) is 22.7 Å². The van der Waals surface area contributed by atoms with E-state index in [9.17, 15) is 5.26 Å². The zero-order valence-electron chi connectivity index (χ0n) is 16.1. The number of thiophene rings is 1. The van der Waals surface area contributed by atoms with Gasteiger partial charge in [-0.2, -0.15) is 5.26 Å². The fourth-order valence-corrected chi connectivity index (χ4v) is 5.54. The van der Waals surface area contributed by atoms with Crippen molar-refractivity contribution in [3.05, 3.63) is 76.1 Å². The van der Waals surface area contributed by atoms with Crippen LogP contribution in [-0.2, 0) is 0 Å². The normalized spacial score (nSPS) is 10.8. The van der Waals surface area contributed by atoms with Gasteiger partial charge in [0.1, 0.15) is 17.7 Å². The largest absolute Gasteiger partial charge is 0.344 e. The molecular weight excluding hydrogens is 483 g/mol. The second-order valence-electron chi connectivity index (χ2n) is 6.58. The first-order chi connectivity index (χ1) is 15.6. The molecule has 2 N–H and O–H groups in total. The molecule has 0 bridgehead atoms. The number of aromatic amines is 1. The molecule has 0 aliphatic heterocycles. The number of thiazole rings is 1. The topological polar surface area (TPSA) is 90.3 Å². The van der Waals surface area contributed by atoms with Gasteiger partial charge in [0.2, 0.25) is 0 Å². The van der Waals surface area contributed by atoms with E-state index in [1.54, 1.807) is 36.9 Å². The van der Waals surface area contributed by atoms with E-state index in [0.29, 0.717) is 27.3 Å². The summed E-state index contributed by atoms with van der Waals surface area (Å²) in [6.45, 7) is 0. The zero-order valence-corrected chi connectivity index (χ0v) is 19.3. The average molecular weight is 495 g/mol. The minimum Gasteiger partial charge on any atom is -0.344 e. The highest BCUT2D eigenvalue weighted by Crippen LogP contribution is 2.48. The molecule has 0 spiro atoms. The number of pyridine rings is 1. The lowest BCUT2D eigenvalue weighted by Crippen LogP contribution is -1.93. The van der Waals surface area contributed by atoms with Crippen LogP contribution in [-0.4, -0.2) is 19.9 Å². The van der Waals surface area contributed by atoms with E-state index in [-0.39, 0.29) is 0 Å². The Kier molecular flexibility index (Phi) is 5.64. The number of hydrogen-bond acceptors (Lipinski definition) is 7. The average Bonchev–Trinajstić information content (AvgIpc) is 3.55. The Morgan fingerprint density at radius 2 is 1.91 bits per heavy atom. The lowest BCUT2D eigenvalue weighted by Gasteiger charge is -2.07. The monoisotopic (exact) mass is 494 g/mol. The Balaban J connectivity index is 1.70. The summed E-state index contributed by atoms with van der Waals surface area (Å²) in [5, 5.41) is 17.0. The molecule has 0 saturated carbocycles. The van der Waals surface area contributed by atoms with Crippen LogP contribution >= 0.6 is 45.9 Å². The molecule has 5 rings (SSSR count). The summed E-state index contributed by atoms with van der Waals surface area (Å²) in [5.41, 5.74) is 2.80. The maximum absolute atomic E-state index is 10.2. The smallest absolute Gasteiger partial charge is 0.188 e. The van der Waals surface area contributed by atoms with Gasteiger partial charge < -0.3 is 10.3 Å². The molecule has 10 heteroatoms. The molecule has 0 unspecified atom stereocenters. The molecule has 0 amide bonds. The molecule has 0 atom stereocenters. The molecular formula is C22H12Cl2N6S2. The van der Waals surface area contributed by atoms with Gasteiger partial charge in [0.15, 0.2) is 5.13 Å².